The van der Waals surface area contributed by atoms with Crippen LogP contribution in [0.2, 0.25) is 5.02 Å². The fourth-order valence-corrected chi connectivity index (χ4v) is 2.13. The second-order valence-electron chi connectivity index (χ2n) is 4.39. The van der Waals surface area contributed by atoms with Gasteiger partial charge >= 0.3 is 0 Å². The molecule has 3 rings (SSSR count). The minimum Gasteiger partial charge on any atom is -0.472 e. The molecule has 0 bridgehead atoms. The van der Waals surface area contributed by atoms with Gasteiger partial charge in [0.15, 0.2) is 6.29 Å². The summed E-state index contributed by atoms with van der Waals surface area (Å²) in [5.41, 5.74) is 3.03. The summed E-state index contributed by atoms with van der Waals surface area (Å²) in [5, 5.41) is 5.13. The zero-order valence-electron chi connectivity index (χ0n) is 10.5. The third-order valence-corrected chi connectivity index (χ3v) is 3.22. The molecule has 4 nitrogen and oxygen atoms in total. The predicted molar refractivity (Wildman–Crippen MR) is 75.9 cm³/mol. The topological polar surface area (TPSA) is 48.0 Å². The van der Waals surface area contributed by atoms with E-state index in [0.29, 0.717) is 22.8 Å². The van der Waals surface area contributed by atoms with Crippen LogP contribution in [0.25, 0.3) is 11.3 Å². The van der Waals surface area contributed by atoms with Crippen LogP contribution in [0.4, 0.5) is 0 Å². The van der Waals surface area contributed by atoms with E-state index in [-0.39, 0.29) is 0 Å². The van der Waals surface area contributed by atoms with E-state index in [1.807, 2.05) is 24.3 Å². The standard InChI is InChI=1S/C15H11ClN2O2/c16-14-3-1-11(2-4-14)7-18-8-13(9-19)15(17-18)12-5-6-20-10-12/h1-6,8-10H,7H2. The number of halogens is 1. The molecule has 2 aromatic heterocycles. The highest BCUT2D eigenvalue weighted by Gasteiger charge is 2.11. The summed E-state index contributed by atoms with van der Waals surface area (Å²) >= 11 is 5.85. The Morgan fingerprint density at radius 3 is 2.70 bits per heavy atom. The molecule has 3 aromatic rings. The third kappa shape index (κ3) is 2.51. The Bertz CT molecular complexity index is 715. The van der Waals surface area contributed by atoms with Crippen LogP contribution < -0.4 is 0 Å². The lowest BCUT2D eigenvalue weighted by Crippen LogP contribution is -2.00. The summed E-state index contributed by atoms with van der Waals surface area (Å²) in [4.78, 5) is 11.1. The zero-order valence-corrected chi connectivity index (χ0v) is 11.2. The largest absolute Gasteiger partial charge is 0.472 e. The van der Waals surface area contributed by atoms with E-state index in [9.17, 15) is 4.79 Å². The van der Waals surface area contributed by atoms with Crippen molar-refractivity contribution in [2.75, 3.05) is 0 Å². The van der Waals surface area contributed by atoms with E-state index in [1.165, 1.54) is 0 Å². The van der Waals surface area contributed by atoms with E-state index < -0.39 is 0 Å². The number of carbonyl (C=O) groups excluding carboxylic acids is 1. The molecule has 0 saturated heterocycles. The van der Waals surface area contributed by atoms with Crippen molar-refractivity contribution in [1.82, 2.24) is 9.78 Å². The van der Waals surface area contributed by atoms with Gasteiger partial charge in [-0.25, -0.2) is 0 Å². The first kappa shape index (κ1) is 12.7. The van der Waals surface area contributed by atoms with Gasteiger partial charge in [0.05, 0.1) is 24.6 Å². The summed E-state index contributed by atoms with van der Waals surface area (Å²) < 4.78 is 6.76. The number of hydrogen-bond acceptors (Lipinski definition) is 3. The summed E-state index contributed by atoms with van der Waals surface area (Å²) in [7, 11) is 0. The number of benzene rings is 1. The highest BCUT2D eigenvalue weighted by Crippen LogP contribution is 2.21. The summed E-state index contributed by atoms with van der Waals surface area (Å²) in [6, 6.07) is 9.31. The van der Waals surface area contributed by atoms with Crippen molar-refractivity contribution in [3.8, 4) is 11.3 Å². The zero-order chi connectivity index (χ0) is 13.9. The lowest BCUT2D eigenvalue weighted by Gasteiger charge is -2.01. The molecule has 20 heavy (non-hydrogen) atoms. The minimum atomic E-state index is 0.542. The van der Waals surface area contributed by atoms with Crippen LogP contribution in [0.3, 0.4) is 0 Å². The maximum Gasteiger partial charge on any atom is 0.153 e. The van der Waals surface area contributed by atoms with Gasteiger partial charge in [-0.05, 0) is 23.8 Å². The van der Waals surface area contributed by atoms with Gasteiger partial charge in [0.25, 0.3) is 0 Å². The molecular weight excluding hydrogens is 276 g/mol. The van der Waals surface area contributed by atoms with Crippen molar-refractivity contribution < 1.29 is 9.21 Å². The molecule has 2 heterocycles. The number of aromatic nitrogens is 2. The van der Waals surface area contributed by atoms with Gasteiger partial charge in [-0.15, -0.1) is 0 Å². The number of hydrogen-bond donors (Lipinski definition) is 0. The third-order valence-electron chi connectivity index (χ3n) is 2.97. The van der Waals surface area contributed by atoms with Crippen molar-refractivity contribution >= 4 is 17.9 Å². The van der Waals surface area contributed by atoms with Crippen LogP contribution in [0.5, 0.6) is 0 Å². The fourth-order valence-electron chi connectivity index (χ4n) is 2.00. The highest BCUT2D eigenvalue weighted by atomic mass is 35.5. The van der Waals surface area contributed by atoms with Gasteiger partial charge < -0.3 is 4.42 Å². The van der Waals surface area contributed by atoms with Gasteiger partial charge in [-0.3, -0.25) is 9.48 Å². The molecule has 0 N–H and O–H groups in total. The Morgan fingerprint density at radius 1 is 1.25 bits per heavy atom. The normalized spacial score (nSPS) is 10.7. The van der Waals surface area contributed by atoms with Crippen LogP contribution in [0.15, 0.2) is 53.5 Å². The lowest BCUT2D eigenvalue weighted by atomic mass is 10.2. The molecule has 0 fully saturated rings. The molecule has 0 amide bonds. The van der Waals surface area contributed by atoms with E-state index in [4.69, 9.17) is 16.0 Å². The highest BCUT2D eigenvalue weighted by molar-refractivity contribution is 6.30. The maximum absolute atomic E-state index is 11.1. The SMILES string of the molecule is O=Cc1cn(Cc2ccc(Cl)cc2)nc1-c1ccoc1. The van der Waals surface area contributed by atoms with Crippen molar-refractivity contribution in [2.45, 2.75) is 6.54 Å². The molecule has 0 spiro atoms. The van der Waals surface area contributed by atoms with Crippen LogP contribution in [-0.4, -0.2) is 16.1 Å². The first-order chi connectivity index (χ1) is 9.76. The van der Waals surface area contributed by atoms with Crippen LogP contribution in [0.1, 0.15) is 15.9 Å². The predicted octanol–water partition coefficient (Wildman–Crippen LogP) is 3.66. The first-order valence-electron chi connectivity index (χ1n) is 6.06. The maximum atomic E-state index is 11.1. The molecule has 0 unspecified atom stereocenters. The van der Waals surface area contributed by atoms with Crippen molar-refractivity contribution in [3.63, 3.8) is 0 Å². The van der Waals surface area contributed by atoms with Crippen molar-refractivity contribution in [3.05, 3.63) is 65.2 Å². The van der Waals surface area contributed by atoms with E-state index in [2.05, 4.69) is 5.10 Å². The average molecular weight is 287 g/mol. The molecule has 0 radical (unpaired) electrons. The number of nitrogens with zero attached hydrogens (tertiary/aromatic N) is 2. The van der Waals surface area contributed by atoms with Crippen LogP contribution in [-0.2, 0) is 6.54 Å². The van der Waals surface area contributed by atoms with Crippen LogP contribution in [0, 0.1) is 0 Å². The summed E-state index contributed by atoms with van der Waals surface area (Å²) in [6.45, 7) is 0.579. The Kier molecular flexibility index (Phi) is 3.39. The summed E-state index contributed by atoms with van der Waals surface area (Å²) in [6.07, 6.45) is 5.65. The molecule has 0 aliphatic rings. The van der Waals surface area contributed by atoms with Crippen molar-refractivity contribution in [1.29, 1.82) is 0 Å². The van der Waals surface area contributed by atoms with Gasteiger partial charge in [-0.2, -0.15) is 5.10 Å². The first-order valence-corrected chi connectivity index (χ1v) is 6.44. The molecule has 0 atom stereocenters. The molecule has 5 heteroatoms. The Balaban J connectivity index is 1.91. The smallest absolute Gasteiger partial charge is 0.153 e. The van der Waals surface area contributed by atoms with E-state index in [0.717, 1.165) is 17.4 Å². The molecule has 0 saturated carbocycles. The second-order valence-corrected chi connectivity index (χ2v) is 4.82. The molecular formula is C15H11ClN2O2. The molecule has 1 aromatic carbocycles. The Labute approximate surface area is 120 Å². The van der Waals surface area contributed by atoms with Gasteiger partial charge in [0.2, 0.25) is 0 Å². The van der Waals surface area contributed by atoms with Gasteiger partial charge in [-0.1, -0.05) is 23.7 Å². The number of aldehydes is 1. The number of carbonyl (C=O) groups is 1. The fraction of sp³-hybridized carbons (Fsp3) is 0.0667. The van der Waals surface area contributed by atoms with Gasteiger partial charge in [0, 0.05) is 16.8 Å². The molecule has 100 valence electrons. The second kappa shape index (κ2) is 5.35. The summed E-state index contributed by atoms with van der Waals surface area (Å²) in [5.74, 6) is 0. The number of rotatable bonds is 4. The van der Waals surface area contributed by atoms with E-state index >= 15 is 0 Å². The van der Waals surface area contributed by atoms with Crippen LogP contribution >= 0.6 is 11.6 Å². The minimum absolute atomic E-state index is 0.542. The Morgan fingerprint density at radius 2 is 2.05 bits per heavy atom. The monoisotopic (exact) mass is 286 g/mol. The molecule has 0 aliphatic carbocycles. The van der Waals surface area contributed by atoms with Gasteiger partial charge in [0.1, 0.15) is 5.69 Å². The quantitative estimate of drug-likeness (QED) is 0.688. The Hall–Kier alpha value is -2.33. The number of furan rings is 1. The van der Waals surface area contributed by atoms with E-state index in [1.54, 1.807) is 29.5 Å². The van der Waals surface area contributed by atoms with Crippen molar-refractivity contribution in [2.24, 2.45) is 0 Å². The average Bonchev–Trinajstić information content (AvgIpc) is 3.10. The molecule has 0 aliphatic heterocycles. The lowest BCUT2D eigenvalue weighted by molar-refractivity contribution is 0.112.